The minimum atomic E-state index is -0.366. The second-order valence-corrected chi connectivity index (χ2v) is 3.94. The lowest BCUT2D eigenvalue weighted by atomic mass is 10.1. The summed E-state index contributed by atoms with van der Waals surface area (Å²) in [5.74, 6) is -0.735. The molecule has 0 saturated heterocycles. The predicted molar refractivity (Wildman–Crippen MR) is 61.7 cm³/mol. The van der Waals surface area contributed by atoms with Crippen LogP contribution in [-0.2, 0) is 6.67 Å². The second kappa shape index (κ2) is 4.03. The Labute approximate surface area is 107 Å². The molecule has 0 atom stereocenters. The smallest absolute Gasteiger partial charge is 0.263 e. The number of carbonyl (C=O) groups excluding carboxylic acids is 2. The van der Waals surface area contributed by atoms with Gasteiger partial charge in [-0.05, 0) is 12.1 Å². The zero-order chi connectivity index (χ0) is 13.4. The summed E-state index contributed by atoms with van der Waals surface area (Å²) in [7, 11) is 0. The Morgan fingerprint density at radius 2 is 1.79 bits per heavy atom. The molecule has 1 aliphatic rings. The monoisotopic (exact) mass is 253 g/mol. The number of benzene rings is 1. The van der Waals surface area contributed by atoms with Crippen LogP contribution in [0.4, 0.5) is 0 Å². The largest absolute Gasteiger partial charge is 0.269 e. The van der Waals surface area contributed by atoms with Crippen LogP contribution in [0.1, 0.15) is 26.5 Å². The van der Waals surface area contributed by atoms with Gasteiger partial charge < -0.3 is 0 Å². The minimum Gasteiger partial charge on any atom is -0.269 e. The normalized spacial score (nSPS) is 13.5. The number of imide groups is 1. The number of rotatable bonds is 2. The third-order valence-electron chi connectivity index (χ3n) is 2.80. The van der Waals surface area contributed by atoms with Gasteiger partial charge in [0.1, 0.15) is 19.1 Å². The van der Waals surface area contributed by atoms with Crippen molar-refractivity contribution in [2.75, 3.05) is 0 Å². The number of fused-ring (bicyclic) bond motifs is 1. The first-order chi connectivity index (χ1) is 9.20. The van der Waals surface area contributed by atoms with Gasteiger partial charge in [-0.25, -0.2) is 9.67 Å². The molecule has 2 amide bonds. The Hall–Kier alpha value is -3.01. The number of amides is 2. The standard InChI is InChI=1S/C12H7N5O2/c13-5-10-14-6-16(15-10)7-17-11(18)8-3-1-2-4-9(8)12(17)19/h1-4,6H,7H2. The number of aromatic nitrogens is 3. The quantitative estimate of drug-likeness (QED) is 0.722. The molecule has 0 spiro atoms. The second-order valence-electron chi connectivity index (χ2n) is 3.94. The predicted octanol–water partition coefficient (Wildman–Crippen LogP) is 0.403. The highest BCUT2D eigenvalue weighted by Gasteiger charge is 2.35. The van der Waals surface area contributed by atoms with Crippen LogP contribution in [0.25, 0.3) is 0 Å². The molecule has 19 heavy (non-hydrogen) atoms. The maximum Gasteiger partial charge on any atom is 0.263 e. The van der Waals surface area contributed by atoms with Crippen LogP contribution >= 0.6 is 0 Å². The molecule has 1 aromatic heterocycles. The first kappa shape index (κ1) is 11.1. The number of nitriles is 1. The van der Waals surface area contributed by atoms with Gasteiger partial charge in [-0.1, -0.05) is 12.1 Å². The van der Waals surface area contributed by atoms with Crippen LogP contribution in [0.3, 0.4) is 0 Å². The van der Waals surface area contributed by atoms with Crippen LogP contribution in [0.15, 0.2) is 30.6 Å². The zero-order valence-corrected chi connectivity index (χ0v) is 9.65. The van der Waals surface area contributed by atoms with Gasteiger partial charge >= 0.3 is 0 Å². The molecule has 2 heterocycles. The van der Waals surface area contributed by atoms with Gasteiger partial charge in [-0.3, -0.25) is 14.5 Å². The molecule has 0 unspecified atom stereocenters. The maximum atomic E-state index is 12.1. The first-order valence-electron chi connectivity index (χ1n) is 5.45. The SMILES string of the molecule is N#Cc1ncn(CN2C(=O)c3ccccc3C2=O)n1. The van der Waals surface area contributed by atoms with Gasteiger partial charge in [0.15, 0.2) is 0 Å². The average molecular weight is 253 g/mol. The fourth-order valence-corrected chi connectivity index (χ4v) is 1.93. The van der Waals surface area contributed by atoms with E-state index in [2.05, 4.69) is 10.1 Å². The van der Waals surface area contributed by atoms with Crippen LogP contribution in [0, 0.1) is 11.3 Å². The molecule has 0 bridgehead atoms. The Morgan fingerprint density at radius 3 is 2.32 bits per heavy atom. The van der Waals surface area contributed by atoms with Crippen LogP contribution < -0.4 is 0 Å². The van der Waals surface area contributed by atoms with Gasteiger partial charge in [-0.15, -0.1) is 5.10 Å². The van der Waals surface area contributed by atoms with Gasteiger partial charge in [0.2, 0.25) is 0 Å². The van der Waals surface area contributed by atoms with E-state index in [1.165, 1.54) is 11.0 Å². The number of hydrogen-bond donors (Lipinski definition) is 0. The lowest BCUT2D eigenvalue weighted by molar-refractivity contribution is 0.0597. The Morgan fingerprint density at radius 1 is 1.16 bits per heavy atom. The molecule has 0 saturated carbocycles. The summed E-state index contributed by atoms with van der Waals surface area (Å²) in [4.78, 5) is 28.9. The molecule has 0 radical (unpaired) electrons. The zero-order valence-electron chi connectivity index (χ0n) is 9.65. The number of carbonyl (C=O) groups is 2. The Kier molecular flexibility index (Phi) is 2.35. The van der Waals surface area contributed by atoms with Gasteiger partial charge in [0.25, 0.3) is 17.6 Å². The highest BCUT2D eigenvalue weighted by Crippen LogP contribution is 2.22. The lowest BCUT2D eigenvalue weighted by Gasteiger charge is -2.12. The van der Waals surface area contributed by atoms with E-state index >= 15 is 0 Å². The minimum absolute atomic E-state index is 0.00314. The average Bonchev–Trinajstić information content (AvgIpc) is 2.99. The molecule has 0 fully saturated rings. The first-order valence-corrected chi connectivity index (χ1v) is 5.45. The van der Waals surface area contributed by atoms with Crippen molar-refractivity contribution in [1.29, 1.82) is 5.26 Å². The van der Waals surface area contributed by atoms with Crippen molar-refractivity contribution in [2.45, 2.75) is 6.67 Å². The summed E-state index contributed by atoms with van der Waals surface area (Å²) in [6.07, 6.45) is 1.31. The Bertz CT molecular complexity index is 693. The van der Waals surface area contributed by atoms with E-state index < -0.39 is 0 Å². The van der Waals surface area contributed by atoms with E-state index in [9.17, 15) is 9.59 Å². The molecule has 7 heteroatoms. The van der Waals surface area contributed by atoms with E-state index in [0.29, 0.717) is 11.1 Å². The fraction of sp³-hybridized carbons (Fsp3) is 0.0833. The molecule has 1 aliphatic heterocycles. The van der Waals surface area contributed by atoms with Crippen molar-refractivity contribution in [3.8, 4) is 6.07 Å². The molecule has 0 N–H and O–H groups in total. The molecule has 3 rings (SSSR count). The maximum absolute atomic E-state index is 12.1. The van der Waals surface area contributed by atoms with Gasteiger partial charge in [0.05, 0.1) is 11.1 Å². The molecule has 1 aromatic carbocycles. The highest BCUT2D eigenvalue weighted by molar-refractivity contribution is 6.21. The van der Waals surface area contributed by atoms with Crippen molar-refractivity contribution >= 4 is 11.8 Å². The van der Waals surface area contributed by atoms with Gasteiger partial charge in [0, 0.05) is 0 Å². The van der Waals surface area contributed by atoms with Gasteiger partial charge in [-0.2, -0.15) is 5.26 Å². The van der Waals surface area contributed by atoms with E-state index in [-0.39, 0.29) is 24.3 Å². The molecular weight excluding hydrogens is 246 g/mol. The van der Waals surface area contributed by atoms with Crippen molar-refractivity contribution < 1.29 is 9.59 Å². The Balaban J connectivity index is 1.90. The lowest BCUT2D eigenvalue weighted by Crippen LogP contribution is -2.32. The van der Waals surface area contributed by atoms with Crippen molar-refractivity contribution in [2.24, 2.45) is 0 Å². The third kappa shape index (κ3) is 1.66. The molecular formula is C12H7N5O2. The van der Waals surface area contributed by atoms with E-state index in [0.717, 1.165) is 4.90 Å². The van der Waals surface area contributed by atoms with E-state index in [1.807, 2.05) is 0 Å². The van der Waals surface area contributed by atoms with E-state index in [4.69, 9.17) is 5.26 Å². The molecule has 2 aromatic rings. The van der Waals surface area contributed by atoms with E-state index in [1.54, 1.807) is 30.3 Å². The molecule has 7 nitrogen and oxygen atoms in total. The van der Waals surface area contributed by atoms with Crippen molar-refractivity contribution in [3.05, 3.63) is 47.5 Å². The molecule has 0 aliphatic carbocycles. The fourth-order valence-electron chi connectivity index (χ4n) is 1.93. The van der Waals surface area contributed by atoms with Crippen LogP contribution in [0.2, 0.25) is 0 Å². The number of nitrogens with zero attached hydrogens (tertiary/aromatic N) is 5. The summed E-state index contributed by atoms with van der Waals surface area (Å²) in [5, 5.41) is 12.4. The summed E-state index contributed by atoms with van der Waals surface area (Å²) in [6, 6.07) is 8.41. The van der Waals surface area contributed by atoms with Crippen molar-refractivity contribution in [3.63, 3.8) is 0 Å². The summed E-state index contributed by atoms with van der Waals surface area (Å²) >= 11 is 0. The third-order valence-corrected chi connectivity index (χ3v) is 2.80. The highest BCUT2D eigenvalue weighted by atomic mass is 16.2. The summed E-state index contributed by atoms with van der Waals surface area (Å²) < 4.78 is 1.28. The molecule has 92 valence electrons. The van der Waals surface area contributed by atoms with Crippen molar-refractivity contribution in [1.82, 2.24) is 19.7 Å². The topological polar surface area (TPSA) is 91.9 Å². The van der Waals surface area contributed by atoms with Crippen LogP contribution in [-0.4, -0.2) is 31.5 Å². The summed E-state index contributed by atoms with van der Waals surface area (Å²) in [6.45, 7) is -0.0545. The van der Waals surface area contributed by atoms with Crippen LogP contribution in [0.5, 0.6) is 0 Å². The summed E-state index contributed by atoms with van der Waals surface area (Å²) in [5.41, 5.74) is 0.765. The number of hydrogen-bond acceptors (Lipinski definition) is 5.